The van der Waals surface area contributed by atoms with Gasteiger partial charge < -0.3 is 19.8 Å². The number of rotatable bonds is 9. The highest BCUT2D eigenvalue weighted by atomic mass is 79.9. The maximum absolute atomic E-state index is 14.6. The molecule has 1 amide bonds. The van der Waals surface area contributed by atoms with E-state index in [1.54, 1.807) is 39.3 Å². The zero-order chi connectivity index (χ0) is 30.1. The number of hydrogen-bond acceptors (Lipinski definition) is 7. The number of pyridine rings is 2. The van der Waals surface area contributed by atoms with Crippen molar-refractivity contribution in [3.63, 3.8) is 0 Å². The molecule has 218 valence electrons. The Morgan fingerprint density at radius 3 is 2.69 bits per heavy atom. The van der Waals surface area contributed by atoms with Crippen molar-refractivity contribution in [3.8, 4) is 17.0 Å². The summed E-state index contributed by atoms with van der Waals surface area (Å²) < 4.78 is 23.3. The summed E-state index contributed by atoms with van der Waals surface area (Å²) >= 11 is 6.98. The molecule has 10 nitrogen and oxygen atoms in total. The number of amides is 1. The highest BCUT2D eigenvalue weighted by Gasteiger charge is 2.29. The van der Waals surface area contributed by atoms with Crippen LogP contribution in [0, 0.1) is 21.8 Å². The van der Waals surface area contributed by atoms with Gasteiger partial charge in [-0.1, -0.05) is 6.07 Å². The van der Waals surface area contributed by atoms with E-state index in [0.717, 1.165) is 35.0 Å². The molecule has 0 aliphatic heterocycles. The van der Waals surface area contributed by atoms with Gasteiger partial charge in [-0.25, -0.2) is 9.18 Å². The number of carbonyl (C=O) groups is 1. The summed E-state index contributed by atoms with van der Waals surface area (Å²) in [4.78, 5) is 34.0. The second kappa shape index (κ2) is 12.3. The lowest BCUT2D eigenvalue weighted by Crippen LogP contribution is -2.29. The third kappa shape index (κ3) is 6.36. The molecular weight excluding hydrogens is 675 g/mol. The average Bonchev–Trinajstić information content (AvgIpc) is 3.72. The van der Waals surface area contributed by atoms with E-state index in [2.05, 4.69) is 46.9 Å². The fourth-order valence-corrected chi connectivity index (χ4v) is 5.55. The molecule has 0 N–H and O–H groups in total. The molecule has 1 aliphatic carbocycles. The molecule has 1 aromatic carbocycles. The van der Waals surface area contributed by atoms with Crippen LogP contribution in [0.4, 0.5) is 15.0 Å². The van der Waals surface area contributed by atoms with Crippen molar-refractivity contribution in [2.45, 2.75) is 38.7 Å². The van der Waals surface area contributed by atoms with Crippen molar-refractivity contribution in [2.24, 2.45) is 5.92 Å². The molecule has 1 saturated carbocycles. The Morgan fingerprint density at radius 2 is 2.00 bits per heavy atom. The fraction of sp³-hybridized carbons (Fsp3) is 0.310. The lowest BCUT2D eigenvalue weighted by atomic mass is 9.95. The first kappa shape index (κ1) is 29.8. The predicted octanol–water partition coefficient (Wildman–Crippen LogP) is 7.13. The summed E-state index contributed by atoms with van der Waals surface area (Å²) in [5.41, 5.74) is 3.88. The first-order chi connectivity index (χ1) is 20.0. The van der Waals surface area contributed by atoms with Crippen LogP contribution in [0.3, 0.4) is 0 Å². The zero-order valence-corrected chi connectivity index (χ0v) is 26.2. The van der Waals surface area contributed by atoms with Gasteiger partial charge in [-0.15, -0.1) is 0 Å². The zero-order valence-electron chi connectivity index (χ0n) is 23.1. The molecule has 0 radical (unpaired) electrons. The normalized spacial score (nSPS) is 13.6. The highest BCUT2D eigenvalue weighted by Crippen LogP contribution is 2.38. The number of carbonyl (C=O) groups excluding carboxylic acids is 1. The molecule has 1 fully saturated rings. The summed E-state index contributed by atoms with van der Waals surface area (Å²) in [6.45, 7) is 1.68. The van der Waals surface area contributed by atoms with Crippen LogP contribution < -0.4 is 4.74 Å². The summed E-state index contributed by atoms with van der Waals surface area (Å²) in [6, 6.07) is 9.15. The van der Waals surface area contributed by atoms with Gasteiger partial charge in [0.1, 0.15) is 11.9 Å². The van der Waals surface area contributed by atoms with Gasteiger partial charge in [-0.3, -0.25) is 4.98 Å². The molecule has 3 heterocycles. The van der Waals surface area contributed by atoms with Crippen molar-refractivity contribution in [3.05, 3.63) is 96.2 Å². The molecule has 13 heteroatoms. The van der Waals surface area contributed by atoms with Crippen molar-refractivity contribution < 1.29 is 18.8 Å². The van der Waals surface area contributed by atoms with Crippen LogP contribution in [-0.2, 0) is 12.8 Å². The van der Waals surface area contributed by atoms with E-state index in [4.69, 9.17) is 4.74 Å². The van der Waals surface area contributed by atoms with E-state index < -0.39 is 22.7 Å². The van der Waals surface area contributed by atoms with Gasteiger partial charge in [0, 0.05) is 43.9 Å². The quantitative estimate of drug-likeness (QED) is 0.135. The number of nitro groups is 1. The van der Waals surface area contributed by atoms with Gasteiger partial charge in [-0.05, 0) is 104 Å². The molecule has 1 atom stereocenters. The Hall–Kier alpha value is -3.71. The van der Waals surface area contributed by atoms with Gasteiger partial charge in [-0.2, -0.15) is 9.78 Å². The van der Waals surface area contributed by atoms with Gasteiger partial charge >= 0.3 is 11.8 Å². The summed E-state index contributed by atoms with van der Waals surface area (Å²) in [5, 5.41) is 16.2. The summed E-state index contributed by atoms with van der Waals surface area (Å²) in [6.07, 6.45) is 5.53. The Morgan fingerprint density at radius 1 is 1.24 bits per heavy atom. The molecule has 0 unspecified atom stereocenters. The van der Waals surface area contributed by atoms with Crippen LogP contribution in [0.2, 0.25) is 0 Å². The van der Waals surface area contributed by atoms with E-state index in [0.29, 0.717) is 39.3 Å². The van der Waals surface area contributed by atoms with E-state index in [-0.39, 0.29) is 11.8 Å². The van der Waals surface area contributed by atoms with Crippen LogP contribution >= 0.6 is 31.9 Å². The summed E-state index contributed by atoms with van der Waals surface area (Å²) in [5.74, 6) is -0.435. The average molecular weight is 702 g/mol. The van der Waals surface area contributed by atoms with Gasteiger partial charge in [0.15, 0.2) is 6.20 Å². The second-order valence-electron chi connectivity index (χ2n) is 10.4. The minimum absolute atomic E-state index is 0.0587. The SMILES string of the molecule is C[C@@H](Oc1cc(Br)cnc1[N+](=O)[O-])c1cc(F)ccc1-c1ncccc1Cc1c(Br)c(CC2CC2)nn1C(=O)N(C)C. The smallest absolute Gasteiger partial charge is 0.406 e. The van der Waals surface area contributed by atoms with E-state index in [9.17, 15) is 19.3 Å². The van der Waals surface area contributed by atoms with E-state index in [1.165, 1.54) is 34.0 Å². The number of hydrogen-bond donors (Lipinski definition) is 0. The van der Waals surface area contributed by atoms with E-state index >= 15 is 0 Å². The monoisotopic (exact) mass is 700 g/mol. The molecule has 42 heavy (non-hydrogen) atoms. The number of halogens is 3. The van der Waals surface area contributed by atoms with Crippen LogP contribution in [0.25, 0.3) is 11.3 Å². The Labute approximate surface area is 258 Å². The maximum atomic E-state index is 14.6. The van der Waals surface area contributed by atoms with Crippen molar-refractivity contribution >= 4 is 43.7 Å². The van der Waals surface area contributed by atoms with E-state index in [1.807, 2.05) is 6.07 Å². The molecular formula is C29H27Br2FN6O4. The summed E-state index contributed by atoms with van der Waals surface area (Å²) in [7, 11) is 3.35. The molecule has 3 aromatic heterocycles. The molecule has 0 spiro atoms. The lowest BCUT2D eigenvalue weighted by Gasteiger charge is -2.20. The van der Waals surface area contributed by atoms with Gasteiger partial charge in [0.05, 0.1) is 26.0 Å². The third-order valence-corrected chi connectivity index (χ3v) is 8.31. The topological polar surface area (TPSA) is 116 Å². The largest absolute Gasteiger partial charge is 0.478 e. The Bertz CT molecular complexity index is 1670. The standard InChI is InChI=1S/C29H27Br2FN6O4/c1-16(42-25-13-19(30)15-34-28(25)38(40)41)22-14-20(32)8-9-21(22)27-18(5-4-10-33-27)12-24-26(31)23(11-17-6-7-17)35-37(24)29(39)36(2)3/h4-5,8-10,13-17H,6-7,11-12H2,1-3H3/t16-/m1/s1. The highest BCUT2D eigenvalue weighted by molar-refractivity contribution is 9.10. The molecule has 0 bridgehead atoms. The first-order valence-corrected chi connectivity index (χ1v) is 14.8. The minimum Gasteiger partial charge on any atom is -0.478 e. The predicted molar refractivity (Wildman–Crippen MR) is 161 cm³/mol. The fourth-order valence-electron chi connectivity index (χ4n) is 4.69. The molecule has 5 rings (SSSR count). The van der Waals surface area contributed by atoms with Crippen LogP contribution in [0.5, 0.6) is 5.75 Å². The van der Waals surface area contributed by atoms with Gasteiger partial charge in [0.25, 0.3) is 0 Å². The van der Waals surface area contributed by atoms with Gasteiger partial charge in [0.2, 0.25) is 5.75 Å². The second-order valence-corrected chi connectivity index (χ2v) is 12.1. The number of ether oxygens (including phenoxy) is 1. The minimum atomic E-state index is -0.807. The number of benzene rings is 1. The molecule has 1 aliphatic rings. The van der Waals surface area contributed by atoms with Crippen molar-refractivity contribution in [1.29, 1.82) is 0 Å². The number of nitrogens with zero attached hydrogens (tertiary/aromatic N) is 6. The van der Waals surface area contributed by atoms with Crippen LogP contribution in [0.15, 0.2) is 57.7 Å². The Kier molecular flexibility index (Phi) is 8.69. The van der Waals surface area contributed by atoms with Crippen LogP contribution in [-0.4, -0.2) is 49.7 Å². The molecule has 0 saturated heterocycles. The first-order valence-electron chi connectivity index (χ1n) is 13.2. The van der Waals surface area contributed by atoms with Crippen LogP contribution in [0.1, 0.15) is 48.4 Å². The third-order valence-electron chi connectivity index (χ3n) is 6.96. The van der Waals surface area contributed by atoms with Crippen molar-refractivity contribution in [1.82, 2.24) is 24.6 Å². The maximum Gasteiger partial charge on any atom is 0.406 e. The lowest BCUT2D eigenvalue weighted by molar-refractivity contribution is -0.390. The van der Waals surface area contributed by atoms with Crippen molar-refractivity contribution in [2.75, 3.05) is 14.1 Å². The number of aromatic nitrogens is 4. The molecule has 4 aromatic rings. The Balaban J connectivity index is 1.55.